The number of allylic oxidation sites excluding steroid dienone is 1. The van der Waals surface area contributed by atoms with Crippen LogP contribution in [0.1, 0.15) is 114 Å². The Labute approximate surface area is 291 Å². The molecule has 47 heavy (non-hydrogen) atoms. The lowest BCUT2D eigenvalue weighted by Gasteiger charge is -2.71. The first-order valence-corrected chi connectivity index (χ1v) is 19.1. The first-order valence-electron chi connectivity index (χ1n) is 18.3. The lowest BCUT2D eigenvalue weighted by Crippen LogP contribution is -2.69. The summed E-state index contributed by atoms with van der Waals surface area (Å²) in [6.45, 7) is 24.5. The van der Waals surface area contributed by atoms with Gasteiger partial charge in [-0.3, -0.25) is 4.79 Å². The monoisotopic (exact) mass is 716 g/mol. The molecule has 1 aromatic rings. The van der Waals surface area contributed by atoms with Crippen molar-refractivity contribution < 1.29 is 19.4 Å². The van der Waals surface area contributed by atoms with E-state index >= 15 is 0 Å². The maximum absolute atomic E-state index is 13.4. The van der Waals surface area contributed by atoms with Crippen LogP contribution >= 0.6 is 15.9 Å². The minimum absolute atomic E-state index is 0.00144. The topological polar surface area (TPSA) is 112 Å². The predicted octanol–water partition coefficient (Wildman–Crippen LogP) is 7.93. The molecule has 6 rings (SSSR count). The number of hydrogen-bond acceptors (Lipinski definition) is 6. The molecule has 3 saturated carbocycles. The fraction of sp³-hybridized carbons (Fsp3) is 0.868. The molecule has 12 atom stereocenters. The van der Waals surface area contributed by atoms with Gasteiger partial charge in [-0.25, -0.2) is 0 Å². The summed E-state index contributed by atoms with van der Waals surface area (Å²) in [5.41, 5.74) is 6.74. The van der Waals surface area contributed by atoms with Gasteiger partial charge in [-0.2, -0.15) is 0 Å². The molecular weight excluding hydrogens is 656 g/mol. The summed E-state index contributed by atoms with van der Waals surface area (Å²) in [5, 5.41) is 19.7. The Hall–Kier alpha value is -1.29. The first-order chi connectivity index (χ1) is 21.8. The summed E-state index contributed by atoms with van der Waals surface area (Å²) in [6.07, 6.45) is 10.1. The van der Waals surface area contributed by atoms with Crippen LogP contribution in [0.25, 0.3) is 0 Å². The highest BCUT2D eigenvalue weighted by Gasteiger charge is 2.72. The number of aromatic nitrogens is 3. The van der Waals surface area contributed by atoms with Crippen LogP contribution in [0.5, 0.6) is 0 Å². The number of ether oxygens (including phenoxy) is 2. The van der Waals surface area contributed by atoms with Gasteiger partial charge in [0.25, 0.3) is 0 Å². The number of aliphatic carboxylic acids is 1. The molecule has 9 heteroatoms. The number of carboxylic acids is 1. The molecule has 5 aliphatic rings. The van der Waals surface area contributed by atoms with Gasteiger partial charge in [0.15, 0.2) is 4.73 Å². The summed E-state index contributed by atoms with van der Waals surface area (Å²) < 4.78 is 16.6. The summed E-state index contributed by atoms with van der Waals surface area (Å²) in [6, 6.07) is 0.00144. The van der Waals surface area contributed by atoms with Gasteiger partial charge in [0, 0.05) is 16.4 Å². The maximum Gasteiger partial charge on any atom is 0.307 e. The molecule has 1 saturated heterocycles. The number of carboxylic acid groups (broad SMARTS) is 1. The van der Waals surface area contributed by atoms with Crippen LogP contribution in [0.15, 0.2) is 22.7 Å². The van der Waals surface area contributed by atoms with Crippen LogP contribution < -0.4 is 5.73 Å². The minimum Gasteiger partial charge on any atom is -0.481 e. The Balaban J connectivity index is 1.45. The predicted molar refractivity (Wildman–Crippen MR) is 188 cm³/mol. The highest BCUT2D eigenvalue weighted by molar-refractivity contribution is 9.10. The van der Waals surface area contributed by atoms with Crippen molar-refractivity contribution in [1.82, 2.24) is 14.8 Å². The summed E-state index contributed by atoms with van der Waals surface area (Å²) in [7, 11) is 0. The van der Waals surface area contributed by atoms with Crippen LogP contribution in [0.3, 0.4) is 0 Å². The Morgan fingerprint density at radius 3 is 2.45 bits per heavy atom. The van der Waals surface area contributed by atoms with E-state index in [0.29, 0.717) is 48.2 Å². The number of rotatable bonds is 8. The highest BCUT2D eigenvalue weighted by Crippen LogP contribution is 2.75. The van der Waals surface area contributed by atoms with Crippen LogP contribution in [0.4, 0.5) is 0 Å². The third kappa shape index (κ3) is 4.92. The molecular formula is C38H61BrN4O4. The van der Waals surface area contributed by atoms with Crippen LogP contribution in [0.2, 0.25) is 0 Å². The molecule has 8 nitrogen and oxygen atoms in total. The van der Waals surface area contributed by atoms with Gasteiger partial charge in [-0.1, -0.05) is 74.0 Å². The normalized spacial score (nSPS) is 45.0. The van der Waals surface area contributed by atoms with Gasteiger partial charge in [0.05, 0.1) is 37.9 Å². The number of carbonyl (C=O) groups is 1. The van der Waals surface area contributed by atoms with Gasteiger partial charge in [0.1, 0.15) is 6.33 Å². The van der Waals surface area contributed by atoms with E-state index in [0.717, 1.165) is 38.5 Å². The smallest absolute Gasteiger partial charge is 0.307 e. The van der Waals surface area contributed by atoms with E-state index in [1.807, 2.05) is 6.33 Å². The average Bonchev–Trinajstić information content (AvgIpc) is 3.41. The number of nitrogens with zero attached hydrogens (tertiary/aromatic N) is 3. The molecule has 264 valence electrons. The largest absolute Gasteiger partial charge is 0.481 e. The van der Waals surface area contributed by atoms with Crippen molar-refractivity contribution in [3.8, 4) is 0 Å². The van der Waals surface area contributed by atoms with E-state index in [9.17, 15) is 9.90 Å². The maximum atomic E-state index is 13.4. The Morgan fingerprint density at radius 2 is 1.85 bits per heavy atom. The van der Waals surface area contributed by atoms with E-state index in [4.69, 9.17) is 15.2 Å². The van der Waals surface area contributed by atoms with Crippen molar-refractivity contribution in [2.45, 2.75) is 125 Å². The molecule has 3 N–H and O–H groups in total. The Kier molecular flexibility index (Phi) is 8.79. The second kappa shape index (κ2) is 11.6. The van der Waals surface area contributed by atoms with Crippen molar-refractivity contribution in [3.05, 3.63) is 22.7 Å². The molecule has 0 aromatic carbocycles. The molecule has 1 aliphatic heterocycles. The van der Waals surface area contributed by atoms with Gasteiger partial charge >= 0.3 is 5.97 Å². The summed E-state index contributed by atoms with van der Waals surface area (Å²) >= 11 is 3.72. The van der Waals surface area contributed by atoms with E-state index in [1.165, 1.54) is 5.57 Å². The lowest BCUT2D eigenvalue weighted by molar-refractivity contribution is -0.252. The van der Waals surface area contributed by atoms with Crippen LogP contribution in [-0.2, 0) is 14.3 Å². The Bertz CT molecular complexity index is 1410. The number of halogens is 1. The van der Waals surface area contributed by atoms with Crippen molar-refractivity contribution in [2.24, 2.45) is 68.3 Å². The van der Waals surface area contributed by atoms with Gasteiger partial charge in [-0.05, 0) is 107 Å². The lowest BCUT2D eigenvalue weighted by atomic mass is 9.34. The zero-order valence-corrected chi connectivity index (χ0v) is 32.2. The fourth-order valence-electron chi connectivity index (χ4n) is 12.0. The molecule has 1 unspecified atom stereocenters. The standard InChI is InChI=1S/C38H61BrN4O4/c1-22(2)24(5)33(6)15-16-35(8)25-11-12-28-34(7)18-46-20-38(28,26(25)13-14-36(35,9)29(33)31(44)45)17-27(43-21-41-42-32(43)39)30(34)47-19-37(10,40)23(3)4/h13,21-25,27-30H,11-12,14-20,40H2,1-10H3,(H,44,45)/t24-,25+,27-,28+,29-,30+,33-,34+,35-,36+,37-,38?/m1/s1. The van der Waals surface area contributed by atoms with Crippen LogP contribution in [0, 0.1) is 62.6 Å². The third-order valence-electron chi connectivity index (χ3n) is 15.9. The molecule has 2 bridgehead atoms. The molecule has 0 radical (unpaired) electrons. The van der Waals surface area contributed by atoms with E-state index in [1.54, 1.807) is 0 Å². The second-order valence-corrected chi connectivity index (χ2v) is 19.2. The highest BCUT2D eigenvalue weighted by atomic mass is 79.9. The molecule has 2 heterocycles. The fourth-order valence-corrected chi connectivity index (χ4v) is 12.5. The summed E-state index contributed by atoms with van der Waals surface area (Å²) in [5.74, 6) is 0.719. The van der Waals surface area contributed by atoms with Gasteiger partial charge in [0.2, 0.25) is 0 Å². The zero-order chi connectivity index (χ0) is 34.5. The van der Waals surface area contributed by atoms with Gasteiger partial charge in [-0.15, -0.1) is 10.2 Å². The van der Waals surface area contributed by atoms with E-state index in [2.05, 4.69) is 106 Å². The van der Waals surface area contributed by atoms with Crippen molar-refractivity contribution in [3.63, 3.8) is 0 Å². The minimum atomic E-state index is -0.617. The average molecular weight is 718 g/mol. The SMILES string of the molecule is CC(C)[C@@H](C)[C@@]1(C)CC[C@]2(C)[C@H]3CC[C@@H]4C5(COC[C@]4(C)[C@@H](OC[C@@](C)(N)C(C)C)[C@H](n4cnnc4Br)C5)C3=CC[C@@]2(C)[C@@H]1C(=O)O. The molecule has 4 fully saturated rings. The molecule has 0 spiro atoms. The number of nitrogens with two attached hydrogens (primary N) is 1. The van der Waals surface area contributed by atoms with Gasteiger partial charge < -0.3 is 24.9 Å². The number of fused-ring (bicyclic) bond motifs is 3. The van der Waals surface area contributed by atoms with E-state index < -0.39 is 17.4 Å². The summed E-state index contributed by atoms with van der Waals surface area (Å²) in [4.78, 5) is 13.4. The van der Waals surface area contributed by atoms with Crippen molar-refractivity contribution >= 4 is 21.9 Å². The molecule has 0 amide bonds. The number of hydrogen-bond donors (Lipinski definition) is 2. The van der Waals surface area contributed by atoms with Crippen molar-refractivity contribution in [2.75, 3.05) is 19.8 Å². The van der Waals surface area contributed by atoms with E-state index in [-0.39, 0.29) is 45.1 Å². The third-order valence-corrected chi connectivity index (χ3v) is 16.4. The molecule has 1 aromatic heterocycles. The zero-order valence-electron chi connectivity index (χ0n) is 30.6. The molecule has 4 aliphatic carbocycles. The Morgan fingerprint density at radius 1 is 1.15 bits per heavy atom. The van der Waals surface area contributed by atoms with Crippen LogP contribution in [-0.4, -0.2) is 57.3 Å². The quantitative estimate of drug-likeness (QED) is 0.263. The van der Waals surface area contributed by atoms with Crippen molar-refractivity contribution in [1.29, 1.82) is 0 Å². The second-order valence-electron chi connectivity index (χ2n) is 18.5. The first kappa shape index (κ1) is 35.5.